The second-order valence-corrected chi connectivity index (χ2v) is 6.30. The van der Waals surface area contributed by atoms with E-state index in [4.69, 9.17) is 9.15 Å². The van der Waals surface area contributed by atoms with Crippen LogP contribution in [0, 0.1) is 5.82 Å². The fourth-order valence-corrected chi connectivity index (χ4v) is 2.43. The van der Waals surface area contributed by atoms with Gasteiger partial charge >= 0.3 is 5.97 Å². The van der Waals surface area contributed by atoms with Crippen molar-refractivity contribution in [2.45, 2.75) is 19.4 Å². The molecule has 0 saturated heterocycles. The molecule has 0 unspecified atom stereocenters. The van der Waals surface area contributed by atoms with Gasteiger partial charge in [0.05, 0.1) is 6.42 Å². The standard InChI is InChI=1S/C18H14BrFN2O3/c1-11(24-16(23)10-12-2-6-14(19)7-3-12)17-21-22-18(25-17)13-4-8-15(20)9-5-13/h2-9,11H,10H2,1H3/t11-/m1/s1. The molecule has 0 saturated carbocycles. The maximum atomic E-state index is 13.0. The molecule has 3 rings (SSSR count). The Balaban J connectivity index is 1.63. The summed E-state index contributed by atoms with van der Waals surface area (Å²) in [6.45, 7) is 1.65. The van der Waals surface area contributed by atoms with Gasteiger partial charge in [-0.15, -0.1) is 10.2 Å². The molecule has 0 amide bonds. The van der Waals surface area contributed by atoms with E-state index in [9.17, 15) is 9.18 Å². The topological polar surface area (TPSA) is 65.2 Å². The number of hydrogen-bond acceptors (Lipinski definition) is 5. The van der Waals surface area contributed by atoms with Crippen LogP contribution in [-0.4, -0.2) is 16.2 Å². The first-order valence-electron chi connectivity index (χ1n) is 7.54. The molecule has 1 aromatic heterocycles. The van der Waals surface area contributed by atoms with Crippen LogP contribution in [0.15, 0.2) is 57.4 Å². The first-order chi connectivity index (χ1) is 12.0. The van der Waals surface area contributed by atoms with Crippen molar-refractivity contribution in [3.05, 3.63) is 70.3 Å². The zero-order valence-corrected chi connectivity index (χ0v) is 14.9. The van der Waals surface area contributed by atoms with Crippen LogP contribution in [-0.2, 0) is 16.0 Å². The lowest BCUT2D eigenvalue weighted by molar-refractivity contribution is -0.148. The minimum absolute atomic E-state index is 0.149. The molecule has 0 aliphatic heterocycles. The first-order valence-corrected chi connectivity index (χ1v) is 8.34. The third kappa shape index (κ3) is 4.51. The summed E-state index contributed by atoms with van der Waals surface area (Å²) in [5, 5.41) is 7.80. The third-order valence-electron chi connectivity index (χ3n) is 3.45. The third-order valence-corrected chi connectivity index (χ3v) is 3.98. The van der Waals surface area contributed by atoms with E-state index in [1.54, 1.807) is 6.92 Å². The lowest BCUT2D eigenvalue weighted by Crippen LogP contribution is -2.11. The summed E-state index contributed by atoms with van der Waals surface area (Å²) in [5.74, 6) is -0.315. The van der Waals surface area contributed by atoms with Gasteiger partial charge in [-0.25, -0.2) is 4.39 Å². The Morgan fingerprint density at radius 1 is 1.16 bits per heavy atom. The van der Waals surface area contributed by atoms with E-state index in [1.807, 2.05) is 24.3 Å². The summed E-state index contributed by atoms with van der Waals surface area (Å²) in [6.07, 6.45) is -0.527. The van der Waals surface area contributed by atoms with Crippen LogP contribution >= 0.6 is 15.9 Å². The predicted molar refractivity (Wildman–Crippen MR) is 92.0 cm³/mol. The molecule has 3 aromatic rings. The highest BCUT2D eigenvalue weighted by molar-refractivity contribution is 9.10. The van der Waals surface area contributed by atoms with Crippen molar-refractivity contribution < 1.29 is 18.3 Å². The van der Waals surface area contributed by atoms with Gasteiger partial charge in [0.2, 0.25) is 5.89 Å². The smallest absolute Gasteiger partial charge is 0.311 e. The average Bonchev–Trinajstić information content (AvgIpc) is 3.08. The van der Waals surface area contributed by atoms with Gasteiger partial charge < -0.3 is 9.15 Å². The summed E-state index contributed by atoms with van der Waals surface area (Å²) >= 11 is 3.34. The largest absolute Gasteiger partial charge is 0.452 e. The Morgan fingerprint density at radius 3 is 2.52 bits per heavy atom. The number of ether oxygens (including phenoxy) is 1. The number of esters is 1. The molecule has 25 heavy (non-hydrogen) atoms. The Morgan fingerprint density at radius 2 is 1.84 bits per heavy atom. The summed E-state index contributed by atoms with van der Waals surface area (Å²) in [6, 6.07) is 13.1. The van der Waals surface area contributed by atoms with E-state index < -0.39 is 12.1 Å². The molecule has 5 nitrogen and oxygen atoms in total. The van der Waals surface area contributed by atoms with E-state index in [2.05, 4.69) is 26.1 Å². The number of nitrogens with zero attached hydrogens (tertiary/aromatic N) is 2. The highest BCUT2D eigenvalue weighted by Crippen LogP contribution is 2.23. The average molecular weight is 405 g/mol. The number of hydrogen-bond donors (Lipinski definition) is 0. The van der Waals surface area contributed by atoms with E-state index in [0.29, 0.717) is 5.56 Å². The van der Waals surface area contributed by atoms with Crippen molar-refractivity contribution in [2.75, 3.05) is 0 Å². The number of carbonyl (C=O) groups is 1. The van der Waals surface area contributed by atoms with Crippen molar-refractivity contribution >= 4 is 21.9 Å². The molecule has 0 radical (unpaired) electrons. The molecule has 0 N–H and O–H groups in total. The van der Waals surface area contributed by atoms with Gasteiger partial charge in [-0.05, 0) is 48.9 Å². The SMILES string of the molecule is C[C@@H](OC(=O)Cc1ccc(Br)cc1)c1nnc(-c2ccc(F)cc2)o1. The zero-order valence-electron chi connectivity index (χ0n) is 13.3. The number of carbonyl (C=O) groups excluding carboxylic acids is 1. The van der Waals surface area contributed by atoms with Crippen LogP contribution in [0.2, 0.25) is 0 Å². The van der Waals surface area contributed by atoms with E-state index in [1.165, 1.54) is 24.3 Å². The van der Waals surface area contributed by atoms with Crippen LogP contribution in [0.25, 0.3) is 11.5 Å². The Kier molecular flexibility index (Phi) is 5.23. The van der Waals surface area contributed by atoms with Crippen molar-refractivity contribution in [2.24, 2.45) is 0 Å². The molecular weight excluding hydrogens is 391 g/mol. The van der Waals surface area contributed by atoms with Gasteiger partial charge in [0.25, 0.3) is 5.89 Å². The first kappa shape index (κ1) is 17.3. The number of benzene rings is 2. The summed E-state index contributed by atoms with van der Waals surface area (Å²) < 4.78 is 24.7. The molecule has 1 atom stereocenters. The molecule has 2 aromatic carbocycles. The van der Waals surface area contributed by atoms with Gasteiger partial charge in [-0.1, -0.05) is 28.1 Å². The van der Waals surface area contributed by atoms with E-state index >= 15 is 0 Å². The minimum atomic E-state index is -0.676. The van der Waals surface area contributed by atoms with Crippen LogP contribution < -0.4 is 0 Å². The molecule has 0 fully saturated rings. The highest BCUT2D eigenvalue weighted by Gasteiger charge is 2.19. The summed E-state index contributed by atoms with van der Waals surface area (Å²) in [7, 11) is 0. The van der Waals surface area contributed by atoms with Gasteiger partial charge in [0.15, 0.2) is 6.10 Å². The van der Waals surface area contributed by atoms with Crippen LogP contribution in [0.5, 0.6) is 0 Å². The monoisotopic (exact) mass is 404 g/mol. The van der Waals surface area contributed by atoms with Crippen molar-refractivity contribution in [1.29, 1.82) is 0 Å². The van der Waals surface area contributed by atoms with Crippen molar-refractivity contribution in [3.63, 3.8) is 0 Å². The fourth-order valence-electron chi connectivity index (χ4n) is 2.17. The number of halogens is 2. The van der Waals surface area contributed by atoms with Crippen LogP contribution in [0.3, 0.4) is 0 Å². The minimum Gasteiger partial charge on any atom is -0.452 e. The predicted octanol–water partition coefficient (Wildman–Crippen LogP) is 4.49. The fraction of sp³-hybridized carbons (Fsp3) is 0.167. The summed E-state index contributed by atoms with van der Waals surface area (Å²) in [5.41, 5.74) is 1.44. The van der Waals surface area contributed by atoms with Gasteiger partial charge in [-0.3, -0.25) is 4.79 Å². The van der Waals surface area contributed by atoms with Gasteiger partial charge in [0, 0.05) is 10.0 Å². The second kappa shape index (κ2) is 7.57. The molecule has 0 aliphatic carbocycles. The molecule has 128 valence electrons. The maximum absolute atomic E-state index is 13.0. The molecule has 0 aliphatic rings. The van der Waals surface area contributed by atoms with E-state index in [0.717, 1.165) is 10.0 Å². The van der Waals surface area contributed by atoms with Crippen LogP contribution in [0.1, 0.15) is 24.5 Å². The molecule has 1 heterocycles. The highest BCUT2D eigenvalue weighted by atomic mass is 79.9. The molecule has 7 heteroatoms. The van der Waals surface area contributed by atoms with Gasteiger partial charge in [-0.2, -0.15) is 0 Å². The Hall–Kier alpha value is -2.54. The molecule has 0 bridgehead atoms. The van der Waals surface area contributed by atoms with E-state index in [-0.39, 0.29) is 24.0 Å². The number of aromatic nitrogens is 2. The Bertz CT molecular complexity index is 863. The number of rotatable bonds is 5. The Labute approximate surface area is 152 Å². The maximum Gasteiger partial charge on any atom is 0.311 e. The van der Waals surface area contributed by atoms with Crippen LogP contribution in [0.4, 0.5) is 4.39 Å². The lowest BCUT2D eigenvalue weighted by atomic mass is 10.1. The van der Waals surface area contributed by atoms with Crippen molar-refractivity contribution in [1.82, 2.24) is 10.2 Å². The quantitative estimate of drug-likeness (QED) is 0.586. The zero-order chi connectivity index (χ0) is 17.8. The second-order valence-electron chi connectivity index (χ2n) is 5.39. The normalized spacial score (nSPS) is 12.0. The lowest BCUT2D eigenvalue weighted by Gasteiger charge is -2.09. The molecule has 0 spiro atoms. The molecular formula is C18H14BrFN2O3. The van der Waals surface area contributed by atoms with Gasteiger partial charge in [0.1, 0.15) is 5.82 Å². The summed E-state index contributed by atoms with van der Waals surface area (Å²) in [4.78, 5) is 12.0. The van der Waals surface area contributed by atoms with Crippen molar-refractivity contribution in [3.8, 4) is 11.5 Å².